The predicted octanol–water partition coefficient (Wildman–Crippen LogP) is 7.97. The topological polar surface area (TPSA) is 60.8 Å². The van der Waals surface area contributed by atoms with Crippen LogP contribution in [0, 0.1) is 0 Å². The average molecular weight is 407 g/mol. The van der Waals surface area contributed by atoms with E-state index in [1.165, 1.54) is 47.9 Å². The number of nitrogens with one attached hydrogen (secondary N) is 1. The molecule has 1 saturated carbocycles. The summed E-state index contributed by atoms with van der Waals surface area (Å²) in [7, 11) is 0. The molecule has 1 aliphatic carbocycles. The van der Waals surface area contributed by atoms with Gasteiger partial charge < -0.3 is 5.32 Å². The lowest BCUT2D eigenvalue weighted by atomic mass is 9.93. The van der Waals surface area contributed by atoms with Crippen molar-refractivity contribution in [1.82, 2.24) is 5.32 Å². The Kier molecular flexibility index (Phi) is 10.3. The fraction of sp³-hybridized carbons (Fsp3) is 0.538. The lowest BCUT2D eigenvalue weighted by molar-refractivity contribution is 0.639. The van der Waals surface area contributed by atoms with E-state index in [0.29, 0.717) is 6.54 Å². The predicted molar refractivity (Wildman–Crippen MR) is 130 cm³/mol. The van der Waals surface area contributed by atoms with Gasteiger partial charge in [-0.25, -0.2) is 0 Å². The maximum absolute atomic E-state index is 8.28. The Labute approximate surface area is 182 Å². The Morgan fingerprint density at radius 1 is 1.03 bits per heavy atom. The first-order valence-electron chi connectivity index (χ1n) is 11.4. The van der Waals surface area contributed by atoms with Gasteiger partial charge in [-0.3, -0.25) is 0 Å². The maximum Gasteiger partial charge on any atom is 0.0257 e. The minimum atomic E-state index is 0.595. The zero-order chi connectivity index (χ0) is 21.8. The average Bonchev–Trinajstić information content (AvgIpc) is 3.28. The SMILES string of the molecule is C=C(CCCCCN=[N+]=[N-])NCCCc1cc(C(=C)C)cc(C(C)=C2CCCC2)c1. The van der Waals surface area contributed by atoms with Crippen LogP contribution in [-0.2, 0) is 6.42 Å². The molecule has 1 aromatic carbocycles. The number of hydrogen-bond donors (Lipinski definition) is 1. The first-order valence-corrected chi connectivity index (χ1v) is 11.4. The van der Waals surface area contributed by atoms with E-state index >= 15 is 0 Å². The molecular weight excluding hydrogens is 368 g/mol. The van der Waals surface area contributed by atoms with Gasteiger partial charge in [0.05, 0.1) is 0 Å². The molecule has 1 fully saturated rings. The molecule has 0 unspecified atom stereocenters. The van der Waals surface area contributed by atoms with Gasteiger partial charge in [-0.05, 0) is 105 Å². The normalized spacial score (nSPS) is 13.1. The van der Waals surface area contributed by atoms with Crippen molar-refractivity contribution in [3.05, 3.63) is 69.8 Å². The van der Waals surface area contributed by atoms with Gasteiger partial charge in [0.2, 0.25) is 0 Å². The quantitative estimate of drug-likeness (QED) is 0.153. The lowest BCUT2D eigenvalue weighted by Crippen LogP contribution is -2.14. The van der Waals surface area contributed by atoms with Gasteiger partial charge in [0, 0.05) is 23.7 Å². The molecule has 1 aromatic rings. The van der Waals surface area contributed by atoms with E-state index < -0.39 is 0 Å². The molecule has 0 aromatic heterocycles. The van der Waals surface area contributed by atoms with Crippen molar-refractivity contribution in [3.63, 3.8) is 0 Å². The Morgan fingerprint density at radius 2 is 1.77 bits per heavy atom. The van der Waals surface area contributed by atoms with Gasteiger partial charge in [0.1, 0.15) is 0 Å². The van der Waals surface area contributed by atoms with E-state index in [4.69, 9.17) is 5.53 Å². The van der Waals surface area contributed by atoms with Gasteiger partial charge in [0.15, 0.2) is 0 Å². The molecule has 0 saturated heterocycles. The zero-order valence-corrected chi connectivity index (χ0v) is 19.0. The molecule has 0 amide bonds. The Bertz CT molecular complexity index is 804. The lowest BCUT2D eigenvalue weighted by Gasteiger charge is -2.13. The number of azide groups is 1. The van der Waals surface area contributed by atoms with Crippen LogP contribution in [0.2, 0.25) is 0 Å². The fourth-order valence-electron chi connectivity index (χ4n) is 4.07. The molecule has 2 rings (SSSR count). The highest BCUT2D eigenvalue weighted by molar-refractivity contribution is 5.72. The summed E-state index contributed by atoms with van der Waals surface area (Å²) < 4.78 is 0. The largest absolute Gasteiger partial charge is 0.389 e. The molecular formula is C26H38N4. The summed E-state index contributed by atoms with van der Waals surface area (Å²) in [6, 6.07) is 7.00. The van der Waals surface area contributed by atoms with E-state index in [2.05, 4.69) is 60.5 Å². The van der Waals surface area contributed by atoms with Crippen LogP contribution in [0.15, 0.2) is 47.7 Å². The maximum atomic E-state index is 8.28. The first kappa shape index (κ1) is 23.8. The molecule has 30 heavy (non-hydrogen) atoms. The fourth-order valence-corrected chi connectivity index (χ4v) is 4.07. The Hall–Kier alpha value is -2.45. The molecule has 0 radical (unpaired) electrons. The van der Waals surface area contributed by atoms with Crippen molar-refractivity contribution in [2.45, 2.75) is 78.1 Å². The smallest absolute Gasteiger partial charge is 0.0257 e. The standard InChI is InChI=1S/C26H38N4/c1-20(2)25-17-23(18-26(19-25)22(4)24-13-7-8-14-24)12-10-15-28-21(3)11-6-5-9-16-29-30-27/h17-19,28H,1,3,5-16H2,2,4H3. The molecule has 4 heteroatoms. The van der Waals surface area contributed by atoms with Crippen molar-refractivity contribution < 1.29 is 0 Å². The second kappa shape index (κ2) is 13.0. The van der Waals surface area contributed by atoms with Gasteiger partial charge in [-0.1, -0.05) is 48.0 Å². The summed E-state index contributed by atoms with van der Waals surface area (Å²) >= 11 is 0. The summed E-state index contributed by atoms with van der Waals surface area (Å²) in [5.74, 6) is 0. The zero-order valence-electron chi connectivity index (χ0n) is 19.0. The molecule has 4 nitrogen and oxygen atoms in total. The molecule has 162 valence electrons. The molecule has 0 spiro atoms. The molecule has 1 aliphatic rings. The van der Waals surface area contributed by atoms with Crippen LogP contribution < -0.4 is 5.32 Å². The number of nitrogens with zero attached hydrogens (tertiary/aromatic N) is 3. The molecule has 0 heterocycles. The number of benzene rings is 1. The summed E-state index contributed by atoms with van der Waals surface area (Å²) in [5.41, 5.74) is 17.7. The minimum Gasteiger partial charge on any atom is -0.389 e. The molecule has 0 atom stereocenters. The van der Waals surface area contributed by atoms with Gasteiger partial charge >= 0.3 is 0 Å². The van der Waals surface area contributed by atoms with E-state index in [1.807, 2.05) is 0 Å². The Morgan fingerprint density at radius 3 is 2.47 bits per heavy atom. The van der Waals surface area contributed by atoms with E-state index in [9.17, 15) is 0 Å². The van der Waals surface area contributed by atoms with Crippen molar-refractivity contribution in [1.29, 1.82) is 0 Å². The number of hydrogen-bond acceptors (Lipinski definition) is 2. The van der Waals surface area contributed by atoms with Crippen molar-refractivity contribution >= 4 is 11.1 Å². The molecule has 0 bridgehead atoms. The molecule has 0 aliphatic heterocycles. The van der Waals surface area contributed by atoms with Crippen molar-refractivity contribution in [2.24, 2.45) is 5.11 Å². The van der Waals surface area contributed by atoms with E-state index in [0.717, 1.165) is 56.3 Å². The highest BCUT2D eigenvalue weighted by atomic mass is 15.1. The van der Waals surface area contributed by atoms with Gasteiger partial charge in [-0.2, -0.15) is 0 Å². The molecule has 1 N–H and O–H groups in total. The van der Waals surface area contributed by atoms with Crippen LogP contribution in [-0.4, -0.2) is 13.1 Å². The monoisotopic (exact) mass is 406 g/mol. The van der Waals surface area contributed by atoms with Crippen molar-refractivity contribution in [3.8, 4) is 0 Å². The summed E-state index contributed by atoms with van der Waals surface area (Å²) in [6.07, 6.45) is 11.4. The van der Waals surface area contributed by atoms with Gasteiger partial charge in [-0.15, -0.1) is 0 Å². The number of aryl methyl sites for hydroxylation is 1. The Balaban J connectivity index is 1.83. The van der Waals surface area contributed by atoms with Crippen molar-refractivity contribution in [2.75, 3.05) is 13.1 Å². The summed E-state index contributed by atoms with van der Waals surface area (Å²) in [4.78, 5) is 2.78. The highest BCUT2D eigenvalue weighted by Crippen LogP contribution is 2.33. The van der Waals surface area contributed by atoms with Crippen LogP contribution >= 0.6 is 0 Å². The summed E-state index contributed by atoms with van der Waals surface area (Å²) in [5, 5.41) is 7.04. The van der Waals surface area contributed by atoms with E-state index in [-0.39, 0.29) is 0 Å². The van der Waals surface area contributed by atoms with Crippen LogP contribution in [0.5, 0.6) is 0 Å². The minimum absolute atomic E-state index is 0.595. The third-order valence-corrected chi connectivity index (χ3v) is 5.97. The van der Waals surface area contributed by atoms with Crippen LogP contribution in [0.1, 0.15) is 88.3 Å². The third kappa shape index (κ3) is 8.12. The first-order chi connectivity index (χ1) is 14.5. The number of allylic oxidation sites excluding steroid dienone is 4. The second-order valence-electron chi connectivity index (χ2n) is 8.53. The van der Waals surface area contributed by atoms with Crippen LogP contribution in [0.4, 0.5) is 0 Å². The number of unbranched alkanes of at least 4 members (excludes halogenated alkanes) is 2. The highest BCUT2D eigenvalue weighted by Gasteiger charge is 2.12. The second-order valence-corrected chi connectivity index (χ2v) is 8.53. The van der Waals surface area contributed by atoms with Crippen LogP contribution in [0.25, 0.3) is 21.6 Å². The van der Waals surface area contributed by atoms with E-state index in [1.54, 1.807) is 5.57 Å². The third-order valence-electron chi connectivity index (χ3n) is 5.97. The van der Waals surface area contributed by atoms with Crippen LogP contribution in [0.3, 0.4) is 0 Å². The number of rotatable bonds is 13. The summed E-state index contributed by atoms with van der Waals surface area (Å²) in [6.45, 7) is 14.2. The van der Waals surface area contributed by atoms with Gasteiger partial charge in [0.25, 0.3) is 0 Å².